The molecule has 0 heterocycles. The minimum Gasteiger partial charge on any atom is -0.469 e. The van der Waals surface area contributed by atoms with Gasteiger partial charge in [0.15, 0.2) is 5.78 Å². The van der Waals surface area contributed by atoms with E-state index in [0.29, 0.717) is 10.6 Å². The molecule has 1 aromatic rings. The van der Waals surface area contributed by atoms with Crippen LogP contribution in [0.1, 0.15) is 24.8 Å². The molecular formula is C17H19ClO6. The van der Waals surface area contributed by atoms with Crippen molar-refractivity contribution in [3.63, 3.8) is 0 Å². The summed E-state index contributed by atoms with van der Waals surface area (Å²) in [6.07, 6.45) is -0.337. The standard InChI is InChI=1S/C17H19ClO6/c1-17(22)8-11(19)13(15(20)23-2)12(14(17)16(21)24-3)9-4-6-10(18)7-5-9/h4-7,12-14,22H,8H2,1-3H3/t12-,13+,14-,17+/m1/s1. The Hall–Kier alpha value is -1.92. The highest BCUT2D eigenvalue weighted by molar-refractivity contribution is 6.30. The Bertz CT molecular complexity index is 652. The zero-order chi connectivity index (χ0) is 18.1. The van der Waals surface area contributed by atoms with Crippen LogP contribution in [0.5, 0.6) is 0 Å². The van der Waals surface area contributed by atoms with Gasteiger partial charge in [-0.2, -0.15) is 0 Å². The molecule has 0 unspecified atom stereocenters. The number of hydrogen-bond acceptors (Lipinski definition) is 6. The molecule has 24 heavy (non-hydrogen) atoms. The number of hydrogen-bond donors (Lipinski definition) is 1. The molecule has 1 aliphatic rings. The topological polar surface area (TPSA) is 89.9 Å². The highest BCUT2D eigenvalue weighted by Crippen LogP contribution is 2.46. The smallest absolute Gasteiger partial charge is 0.316 e. The maximum atomic E-state index is 12.5. The first-order valence-corrected chi connectivity index (χ1v) is 7.77. The molecular weight excluding hydrogens is 336 g/mol. The number of Topliss-reactive ketones (excluding diaryl/α,β-unsaturated/α-hetero) is 1. The summed E-state index contributed by atoms with van der Waals surface area (Å²) in [6, 6.07) is 6.42. The van der Waals surface area contributed by atoms with Crippen LogP contribution in [0.2, 0.25) is 5.02 Å². The van der Waals surface area contributed by atoms with Gasteiger partial charge in [0.25, 0.3) is 0 Å². The minimum atomic E-state index is -1.64. The van der Waals surface area contributed by atoms with Crippen molar-refractivity contribution in [2.75, 3.05) is 14.2 Å². The Morgan fingerprint density at radius 1 is 1.17 bits per heavy atom. The number of halogens is 1. The molecule has 0 bridgehead atoms. The molecule has 2 rings (SSSR count). The molecule has 1 N–H and O–H groups in total. The van der Waals surface area contributed by atoms with Crippen LogP contribution < -0.4 is 0 Å². The average Bonchev–Trinajstić information content (AvgIpc) is 2.53. The van der Waals surface area contributed by atoms with E-state index in [1.54, 1.807) is 24.3 Å². The fourth-order valence-electron chi connectivity index (χ4n) is 3.35. The number of ether oxygens (including phenoxy) is 2. The van der Waals surface area contributed by atoms with Gasteiger partial charge in [-0.25, -0.2) is 0 Å². The van der Waals surface area contributed by atoms with Gasteiger partial charge in [-0.1, -0.05) is 23.7 Å². The molecule has 0 spiro atoms. The van der Waals surface area contributed by atoms with Crippen molar-refractivity contribution in [3.8, 4) is 0 Å². The SMILES string of the molecule is COC(=O)[C@H]1C(=O)C[C@](C)(O)[C@@H](C(=O)OC)[C@@H]1c1ccc(Cl)cc1. The lowest BCUT2D eigenvalue weighted by Gasteiger charge is -2.43. The maximum absolute atomic E-state index is 12.5. The third-order valence-electron chi connectivity index (χ3n) is 4.43. The number of rotatable bonds is 3. The first-order valence-electron chi connectivity index (χ1n) is 7.39. The zero-order valence-electron chi connectivity index (χ0n) is 13.6. The lowest BCUT2D eigenvalue weighted by Crippen LogP contribution is -2.55. The normalized spacial score (nSPS) is 29.9. The second kappa shape index (κ2) is 6.91. The molecule has 0 aliphatic heterocycles. The van der Waals surface area contributed by atoms with Gasteiger partial charge < -0.3 is 14.6 Å². The van der Waals surface area contributed by atoms with E-state index in [0.717, 1.165) is 0 Å². The molecule has 130 valence electrons. The Balaban J connectivity index is 2.63. The summed E-state index contributed by atoms with van der Waals surface area (Å²) in [7, 11) is 2.37. The third kappa shape index (κ3) is 3.30. The van der Waals surface area contributed by atoms with E-state index in [1.165, 1.54) is 21.1 Å². The van der Waals surface area contributed by atoms with Gasteiger partial charge in [-0.3, -0.25) is 14.4 Å². The first-order chi connectivity index (χ1) is 11.2. The van der Waals surface area contributed by atoms with Crippen LogP contribution in [0, 0.1) is 11.8 Å². The fourth-order valence-corrected chi connectivity index (χ4v) is 3.48. The van der Waals surface area contributed by atoms with Gasteiger partial charge in [0.1, 0.15) is 5.92 Å². The van der Waals surface area contributed by atoms with Gasteiger partial charge in [0.05, 0.1) is 25.7 Å². The highest BCUT2D eigenvalue weighted by Gasteiger charge is 2.56. The molecule has 1 aromatic carbocycles. The number of ketones is 1. The maximum Gasteiger partial charge on any atom is 0.316 e. The molecule has 7 heteroatoms. The van der Waals surface area contributed by atoms with Crippen LogP contribution in [-0.4, -0.2) is 42.6 Å². The number of carbonyl (C=O) groups excluding carboxylic acids is 3. The molecule has 0 radical (unpaired) electrons. The molecule has 6 nitrogen and oxygen atoms in total. The van der Waals surface area contributed by atoms with Crippen molar-refractivity contribution in [3.05, 3.63) is 34.9 Å². The van der Waals surface area contributed by atoms with Crippen LogP contribution in [0.25, 0.3) is 0 Å². The Labute approximate surface area is 144 Å². The summed E-state index contributed by atoms with van der Waals surface area (Å²) >= 11 is 5.89. The quantitative estimate of drug-likeness (QED) is 0.656. The zero-order valence-corrected chi connectivity index (χ0v) is 14.4. The van der Waals surface area contributed by atoms with Gasteiger partial charge in [-0.15, -0.1) is 0 Å². The second-order valence-corrected chi connectivity index (χ2v) is 6.52. The lowest BCUT2D eigenvalue weighted by molar-refractivity contribution is -0.170. The summed E-state index contributed by atoms with van der Waals surface area (Å²) in [5, 5.41) is 11.1. The number of benzene rings is 1. The van der Waals surface area contributed by atoms with Crippen LogP contribution in [0.4, 0.5) is 0 Å². The molecule has 1 aliphatic carbocycles. The predicted molar refractivity (Wildman–Crippen MR) is 85.5 cm³/mol. The largest absolute Gasteiger partial charge is 0.469 e. The highest BCUT2D eigenvalue weighted by atomic mass is 35.5. The van der Waals surface area contributed by atoms with Gasteiger partial charge in [-0.05, 0) is 24.6 Å². The molecule has 4 atom stereocenters. The second-order valence-electron chi connectivity index (χ2n) is 6.08. The molecule has 1 fully saturated rings. The number of methoxy groups -OCH3 is 2. The molecule has 0 saturated heterocycles. The molecule has 1 saturated carbocycles. The van der Waals surface area contributed by atoms with E-state index < -0.39 is 41.1 Å². The van der Waals surface area contributed by atoms with Gasteiger partial charge in [0, 0.05) is 17.4 Å². The third-order valence-corrected chi connectivity index (χ3v) is 4.68. The van der Waals surface area contributed by atoms with Crippen LogP contribution in [0.3, 0.4) is 0 Å². The fraction of sp³-hybridized carbons (Fsp3) is 0.471. The molecule has 0 amide bonds. The van der Waals surface area contributed by atoms with Crippen molar-refractivity contribution >= 4 is 29.3 Å². The first kappa shape index (κ1) is 18.4. The van der Waals surface area contributed by atoms with Crippen molar-refractivity contribution in [2.45, 2.75) is 24.9 Å². The Kier molecular flexibility index (Phi) is 5.30. The van der Waals surface area contributed by atoms with E-state index >= 15 is 0 Å². The summed E-state index contributed by atoms with van der Waals surface area (Å²) < 4.78 is 9.56. The summed E-state index contributed by atoms with van der Waals surface area (Å²) in [5.41, 5.74) is -1.11. The van der Waals surface area contributed by atoms with E-state index in [4.69, 9.17) is 21.1 Å². The predicted octanol–water partition coefficient (Wildman–Crippen LogP) is 1.73. The summed E-state index contributed by atoms with van der Waals surface area (Å²) in [6.45, 7) is 1.39. The van der Waals surface area contributed by atoms with E-state index in [9.17, 15) is 19.5 Å². The van der Waals surface area contributed by atoms with Gasteiger partial charge >= 0.3 is 11.9 Å². The van der Waals surface area contributed by atoms with E-state index in [1.807, 2.05) is 0 Å². The lowest BCUT2D eigenvalue weighted by atomic mass is 9.62. The van der Waals surface area contributed by atoms with Crippen molar-refractivity contribution in [1.29, 1.82) is 0 Å². The minimum absolute atomic E-state index is 0.337. The number of esters is 2. The van der Waals surface area contributed by atoms with Crippen molar-refractivity contribution in [2.24, 2.45) is 11.8 Å². The van der Waals surface area contributed by atoms with Crippen molar-refractivity contribution < 1.29 is 29.0 Å². The van der Waals surface area contributed by atoms with Crippen LogP contribution >= 0.6 is 11.6 Å². The Morgan fingerprint density at radius 3 is 2.21 bits per heavy atom. The van der Waals surface area contributed by atoms with E-state index in [-0.39, 0.29) is 6.42 Å². The Morgan fingerprint density at radius 2 is 1.71 bits per heavy atom. The van der Waals surface area contributed by atoms with Crippen molar-refractivity contribution in [1.82, 2.24) is 0 Å². The number of aliphatic hydroxyl groups is 1. The van der Waals surface area contributed by atoms with Gasteiger partial charge in [0.2, 0.25) is 0 Å². The average molecular weight is 355 g/mol. The summed E-state index contributed by atoms with van der Waals surface area (Å²) in [4.78, 5) is 37.0. The molecule has 0 aromatic heterocycles. The van der Waals surface area contributed by atoms with Crippen LogP contribution in [-0.2, 0) is 23.9 Å². The van der Waals surface area contributed by atoms with Crippen LogP contribution in [0.15, 0.2) is 24.3 Å². The van der Waals surface area contributed by atoms with E-state index in [2.05, 4.69) is 0 Å². The number of carbonyl (C=O) groups is 3. The summed E-state index contributed by atoms with van der Waals surface area (Å²) in [5.74, 6) is -5.11. The monoisotopic (exact) mass is 354 g/mol.